The van der Waals surface area contributed by atoms with Gasteiger partial charge >= 0.3 is 24.0 Å². The van der Waals surface area contributed by atoms with E-state index in [1.54, 1.807) is 11.4 Å². The van der Waals surface area contributed by atoms with Gasteiger partial charge in [0.2, 0.25) is 5.52 Å². The maximum Gasteiger partial charge on any atom is 0.495 e. The highest BCUT2D eigenvalue weighted by Crippen LogP contribution is 2.24. The number of thiazole rings is 1. The second-order valence-electron chi connectivity index (χ2n) is 6.28. The van der Waals surface area contributed by atoms with Crippen molar-refractivity contribution in [2.75, 3.05) is 5.32 Å². The third kappa shape index (κ3) is 4.76. The van der Waals surface area contributed by atoms with Crippen LogP contribution in [0.2, 0.25) is 0 Å². The lowest BCUT2D eigenvalue weighted by molar-refractivity contribution is -0.841. The van der Waals surface area contributed by atoms with E-state index in [-0.39, 0.29) is 29.3 Å². The Balaban J connectivity index is 1.62. The van der Waals surface area contributed by atoms with Gasteiger partial charge in [-0.3, -0.25) is 0 Å². The van der Waals surface area contributed by atoms with Crippen LogP contribution >= 0.6 is 38.6 Å². The number of rotatable bonds is 5. The molecule has 8 nitrogen and oxygen atoms in total. The Bertz CT molecular complexity index is 1290. The number of halogens is 4. The topological polar surface area (TPSA) is 100.0 Å². The fourth-order valence-corrected chi connectivity index (χ4v) is 4.48. The van der Waals surface area contributed by atoms with E-state index in [0.29, 0.717) is 10.2 Å². The number of nitrogens with one attached hydrogen (secondary N) is 3. The average molecular weight is 547 g/mol. The molecule has 3 N–H and O–H groups in total. The first-order valence-electron chi connectivity index (χ1n) is 8.75. The van der Waals surface area contributed by atoms with Crippen molar-refractivity contribution in [2.24, 2.45) is 0 Å². The number of fused-ring (bicyclic) bond motifs is 1. The van der Waals surface area contributed by atoms with Crippen LogP contribution in [-0.4, -0.2) is 28.1 Å². The van der Waals surface area contributed by atoms with E-state index >= 15 is 0 Å². The average Bonchev–Trinajstić information content (AvgIpc) is 3.46. The SMILES string of the molecule is O=C(NCc1ccsc1Br)Nc1ccc2[nH]c(-c3cscn3)[n+](OC(=O)C(F)(F)F)c2c1. The minimum absolute atomic E-state index is 0.0442. The summed E-state index contributed by atoms with van der Waals surface area (Å²) in [7, 11) is 0. The third-order valence-electron chi connectivity index (χ3n) is 4.14. The predicted molar refractivity (Wildman–Crippen MR) is 115 cm³/mol. The molecule has 3 heterocycles. The molecule has 32 heavy (non-hydrogen) atoms. The molecule has 0 bridgehead atoms. The third-order valence-corrected chi connectivity index (χ3v) is 6.54. The summed E-state index contributed by atoms with van der Waals surface area (Å²) in [5, 5.41) is 8.75. The molecule has 0 saturated heterocycles. The van der Waals surface area contributed by atoms with Crippen LogP contribution in [-0.2, 0) is 11.3 Å². The number of alkyl halides is 3. The summed E-state index contributed by atoms with van der Waals surface area (Å²) < 4.78 is 40.1. The summed E-state index contributed by atoms with van der Waals surface area (Å²) in [5.74, 6) is -2.35. The van der Waals surface area contributed by atoms with E-state index in [1.807, 2.05) is 11.4 Å². The molecule has 0 aliphatic rings. The summed E-state index contributed by atoms with van der Waals surface area (Å²) in [5.41, 5.74) is 3.42. The molecule has 1 aromatic carbocycles. The first kappa shape index (κ1) is 22.2. The van der Waals surface area contributed by atoms with Crippen LogP contribution in [0.25, 0.3) is 22.6 Å². The number of aromatic amines is 1. The Labute approximate surface area is 194 Å². The number of hydrogen-bond donors (Lipinski definition) is 3. The van der Waals surface area contributed by atoms with Crippen LogP contribution in [0.5, 0.6) is 0 Å². The fraction of sp³-hybridized carbons (Fsp3) is 0.111. The maximum atomic E-state index is 12.8. The van der Waals surface area contributed by atoms with Crippen molar-refractivity contribution in [2.45, 2.75) is 12.7 Å². The van der Waals surface area contributed by atoms with Gasteiger partial charge in [0.25, 0.3) is 0 Å². The van der Waals surface area contributed by atoms with Crippen molar-refractivity contribution >= 4 is 67.3 Å². The molecule has 4 rings (SSSR count). The van der Waals surface area contributed by atoms with Gasteiger partial charge in [-0.1, -0.05) is 0 Å². The molecule has 0 atom stereocenters. The number of imidazole rings is 1. The maximum absolute atomic E-state index is 12.8. The molecule has 0 unspecified atom stereocenters. The lowest BCUT2D eigenvalue weighted by atomic mass is 10.3. The van der Waals surface area contributed by atoms with Crippen LogP contribution in [0.4, 0.5) is 23.7 Å². The number of anilines is 1. The first-order valence-corrected chi connectivity index (χ1v) is 11.4. The molecular weight excluding hydrogens is 535 g/mol. The normalized spacial score (nSPS) is 11.5. The Hall–Kier alpha value is -2.97. The van der Waals surface area contributed by atoms with Gasteiger partial charge in [0.15, 0.2) is 11.2 Å². The van der Waals surface area contributed by atoms with Crippen LogP contribution in [0, 0.1) is 0 Å². The van der Waals surface area contributed by atoms with E-state index in [0.717, 1.165) is 9.35 Å². The molecule has 0 aliphatic heterocycles. The molecule has 14 heteroatoms. The smallest absolute Gasteiger partial charge is 0.334 e. The van der Waals surface area contributed by atoms with Crippen molar-refractivity contribution < 1.29 is 32.3 Å². The second-order valence-corrected chi connectivity index (χ2v) is 9.23. The van der Waals surface area contributed by atoms with Crippen molar-refractivity contribution in [3.8, 4) is 11.5 Å². The van der Waals surface area contributed by atoms with Gasteiger partial charge in [-0.05, 0) is 49.8 Å². The number of amides is 2. The summed E-state index contributed by atoms with van der Waals surface area (Å²) >= 11 is 6.09. The van der Waals surface area contributed by atoms with Crippen LogP contribution in [0.3, 0.4) is 0 Å². The van der Waals surface area contributed by atoms with Gasteiger partial charge in [-0.15, -0.1) is 22.7 Å². The zero-order chi connectivity index (χ0) is 22.9. The van der Waals surface area contributed by atoms with Crippen LogP contribution in [0.1, 0.15) is 5.56 Å². The number of benzene rings is 1. The molecule has 0 radical (unpaired) electrons. The number of thiophene rings is 1. The molecule has 0 aliphatic carbocycles. The Morgan fingerprint density at radius 3 is 2.75 bits per heavy atom. The highest BCUT2D eigenvalue weighted by Gasteiger charge is 2.44. The Kier molecular flexibility index (Phi) is 6.17. The zero-order valence-corrected chi connectivity index (χ0v) is 18.9. The summed E-state index contributed by atoms with van der Waals surface area (Å²) in [6, 6.07) is 5.81. The van der Waals surface area contributed by atoms with Gasteiger partial charge < -0.3 is 10.6 Å². The molecule has 3 aromatic heterocycles. The largest absolute Gasteiger partial charge is 0.495 e. The summed E-state index contributed by atoms with van der Waals surface area (Å²) in [6.07, 6.45) is -5.19. The standard InChI is InChI=1S/C18H11BrF3N5O3S2/c19-14-9(3-4-32-14)6-23-17(29)25-10-1-2-11-13(5-10)27(30-16(28)18(20,21)22)15(26-11)12-7-31-8-24-12/h1-5,7-8H,6H2,(H2,23,25,29)/p+1. The highest BCUT2D eigenvalue weighted by molar-refractivity contribution is 9.11. The number of nitrogens with zero attached hydrogens (tertiary/aromatic N) is 2. The number of urea groups is 1. The molecule has 0 saturated carbocycles. The van der Waals surface area contributed by atoms with E-state index in [9.17, 15) is 22.8 Å². The second kappa shape index (κ2) is 8.88. The highest BCUT2D eigenvalue weighted by atomic mass is 79.9. The quantitative estimate of drug-likeness (QED) is 0.326. The fourth-order valence-electron chi connectivity index (χ4n) is 2.71. The number of H-pyrrole nitrogens is 1. The van der Waals surface area contributed by atoms with Crippen molar-refractivity contribution in [1.29, 1.82) is 0 Å². The number of carbonyl (C=O) groups is 2. The molecule has 4 aromatic rings. The van der Waals surface area contributed by atoms with E-state index in [4.69, 9.17) is 0 Å². The van der Waals surface area contributed by atoms with E-state index < -0.39 is 18.2 Å². The van der Waals surface area contributed by atoms with Crippen molar-refractivity contribution in [3.63, 3.8) is 0 Å². The number of aromatic nitrogens is 3. The van der Waals surface area contributed by atoms with E-state index in [2.05, 4.69) is 41.4 Å². The van der Waals surface area contributed by atoms with Gasteiger partial charge in [0, 0.05) is 23.7 Å². The lowest BCUT2D eigenvalue weighted by Gasteiger charge is -2.07. The lowest BCUT2D eigenvalue weighted by Crippen LogP contribution is -2.51. The Morgan fingerprint density at radius 2 is 2.09 bits per heavy atom. The molecule has 0 fully saturated rings. The number of carbonyl (C=O) groups excluding carboxylic acids is 2. The van der Waals surface area contributed by atoms with Gasteiger partial charge in [-0.25, -0.2) is 24.4 Å². The van der Waals surface area contributed by atoms with Crippen molar-refractivity contribution in [1.82, 2.24) is 15.3 Å². The van der Waals surface area contributed by atoms with E-state index in [1.165, 1.54) is 40.3 Å². The van der Waals surface area contributed by atoms with Gasteiger partial charge in [0.1, 0.15) is 0 Å². The Morgan fingerprint density at radius 1 is 1.28 bits per heavy atom. The van der Waals surface area contributed by atoms with Crippen LogP contribution < -0.4 is 20.2 Å². The van der Waals surface area contributed by atoms with Gasteiger partial charge in [0.05, 0.1) is 9.30 Å². The zero-order valence-electron chi connectivity index (χ0n) is 15.7. The molecular formula is C18H12BrF3N5O3S2+. The predicted octanol–water partition coefficient (Wildman–Crippen LogP) is 4.24. The van der Waals surface area contributed by atoms with Gasteiger partial charge in [-0.2, -0.15) is 13.2 Å². The molecule has 0 spiro atoms. The molecule has 2 amide bonds. The summed E-state index contributed by atoms with van der Waals surface area (Å²) in [4.78, 5) is 35.3. The minimum atomic E-state index is -5.19. The first-order chi connectivity index (χ1) is 15.2. The van der Waals surface area contributed by atoms with Crippen molar-refractivity contribution in [3.05, 3.63) is 49.9 Å². The number of hydrogen-bond acceptors (Lipinski definition) is 6. The van der Waals surface area contributed by atoms with Crippen LogP contribution in [0.15, 0.2) is 44.3 Å². The summed E-state index contributed by atoms with van der Waals surface area (Å²) in [6.45, 7) is 0.277. The minimum Gasteiger partial charge on any atom is -0.334 e. The molecule has 166 valence electrons. The monoisotopic (exact) mass is 546 g/mol.